The van der Waals surface area contributed by atoms with Crippen molar-refractivity contribution < 1.29 is 18.3 Å². The molecular formula is C9H15F3N4O. The molecule has 5 nitrogen and oxygen atoms in total. The van der Waals surface area contributed by atoms with Gasteiger partial charge in [-0.1, -0.05) is 5.21 Å². The second kappa shape index (κ2) is 6.55. The molecule has 0 aliphatic carbocycles. The monoisotopic (exact) mass is 252 g/mol. The highest BCUT2D eigenvalue weighted by atomic mass is 19.4. The Balaban J connectivity index is 2.13. The van der Waals surface area contributed by atoms with Crippen LogP contribution in [0.5, 0.6) is 0 Å². The molecule has 0 fully saturated rings. The first-order valence-corrected chi connectivity index (χ1v) is 5.28. The van der Waals surface area contributed by atoms with Crippen LogP contribution >= 0.6 is 0 Å². The molecule has 0 bridgehead atoms. The first-order chi connectivity index (χ1) is 8.01. The van der Waals surface area contributed by atoms with Gasteiger partial charge in [0.05, 0.1) is 18.8 Å². The number of aliphatic hydroxyl groups is 1. The van der Waals surface area contributed by atoms with Crippen LogP contribution in [0.15, 0.2) is 6.20 Å². The van der Waals surface area contributed by atoms with Crippen molar-refractivity contribution in [2.24, 2.45) is 0 Å². The zero-order chi connectivity index (χ0) is 12.7. The third-order valence-electron chi connectivity index (χ3n) is 2.04. The third-order valence-corrected chi connectivity index (χ3v) is 2.04. The maximum absolute atomic E-state index is 11.8. The fraction of sp³-hybridized carbons (Fsp3) is 0.778. The summed E-state index contributed by atoms with van der Waals surface area (Å²) in [7, 11) is 0. The van der Waals surface area contributed by atoms with E-state index in [2.05, 4.69) is 15.6 Å². The molecule has 8 heteroatoms. The van der Waals surface area contributed by atoms with E-state index in [0.29, 0.717) is 18.8 Å². The molecule has 0 radical (unpaired) electrons. The second-order valence-electron chi connectivity index (χ2n) is 3.59. The number of nitrogens with zero attached hydrogens (tertiary/aromatic N) is 3. The maximum atomic E-state index is 11.8. The summed E-state index contributed by atoms with van der Waals surface area (Å²) in [6.07, 6.45) is -3.18. The van der Waals surface area contributed by atoms with Crippen LogP contribution in [-0.2, 0) is 13.1 Å². The van der Waals surface area contributed by atoms with Gasteiger partial charge >= 0.3 is 6.18 Å². The number of nitrogens with one attached hydrogen (secondary N) is 1. The van der Waals surface area contributed by atoms with E-state index >= 15 is 0 Å². The van der Waals surface area contributed by atoms with Gasteiger partial charge in [-0.2, -0.15) is 13.2 Å². The van der Waals surface area contributed by atoms with Crippen molar-refractivity contribution in [2.45, 2.75) is 32.1 Å². The van der Waals surface area contributed by atoms with Crippen molar-refractivity contribution in [1.29, 1.82) is 0 Å². The zero-order valence-electron chi connectivity index (χ0n) is 9.24. The highest BCUT2D eigenvalue weighted by molar-refractivity contribution is 4.91. The standard InChI is InChI=1S/C9H15F3N4O/c10-9(11,12)2-1-3-13-6-8-7-16(4-5-17)15-14-8/h7,13,17H,1-6H2. The molecule has 1 rings (SSSR count). The maximum Gasteiger partial charge on any atom is 0.389 e. The molecule has 0 atom stereocenters. The summed E-state index contributed by atoms with van der Waals surface area (Å²) in [5.74, 6) is 0. The van der Waals surface area contributed by atoms with Crippen molar-refractivity contribution in [1.82, 2.24) is 20.3 Å². The van der Waals surface area contributed by atoms with Gasteiger partial charge in [0, 0.05) is 19.2 Å². The molecule has 0 aromatic carbocycles. The van der Waals surface area contributed by atoms with E-state index in [-0.39, 0.29) is 19.6 Å². The Morgan fingerprint density at radius 3 is 2.82 bits per heavy atom. The van der Waals surface area contributed by atoms with Crippen molar-refractivity contribution in [3.63, 3.8) is 0 Å². The number of halogens is 3. The number of hydrogen-bond acceptors (Lipinski definition) is 4. The topological polar surface area (TPSA) is 63.0 Å². The molecule has 0 aliphatic heterocycles. The minimum absolute atomic E-state index is 0.0260. The van der Waals surface area contributed by atoms with Gasteiger partial charge in [-0.3, -0.25) is 0 Å². The van der Waals surface area contributed by atoms with Crippen LogP contribution in [0.3, 0.4) is 0 Å². The molecule has 0 unspecified atom stereocenters. The van der Waals surface area contributed by atoms with Crippen LogP contribution in [0.25, 0.3) is 0 Å². The number of aliphatic hydroxyl groups excluding tert-OH is 1. The van der Waals surface area contributed by atoms with E-state index in [1.165, 1.54) is 4.68 Å². The highest BCUT2D eigenvalue weighted by Crippen LogP contribution is 2.20. The summed E-state index contributed by atoms with van der Waals surface area (Å²) < 4.78 is 36.9. The average Bonchev–Trinajstić information content (AvgIpc) is 2.64. The van der Waals surface area contributed by atoms with E-state index in [1.807, 2.05) is 0 Å². The molecular weight excluding hydrogens is 237 g/mol. The lowest BCUT2D eigenvalue weighted by Gasteiger charge is -2.05. The van der Waals surface area contributed by atoms with E-state index < -0.39 is 12.6 Å². The Morgan fingerprint density at radius 2 is 2.18 bits per heavy atom. The van der Waals surface area contributed by atoms with Crippen LogP contribution in [0.1, 0.15) is 18.5 Å². The summed E-state index contributed by atoms with van der Waals surface area (Å²) in [5.41, 5.74) is 0.644. The summed E-state index contributed by atoms with van der Waals surface area (Å²) in [6, 6.07) is 0. The zero-order valence-corrected chi connectivity index (χ0v) is 9.24. The quantitative estimate of drug-likeness (QED) is 0.701. The smallest absolute Gasteiger partial charge is 0.389 e. The number of aromatic nitrogens is 3. The van der Waals surface area contributed by atoms with Gasteiger partial charge in [0.1, 0.15) is 0 Å². The Labute approximate surface area is 96.6 Å². The molecule has 0 saturated heterocycles. The molecule has 0 aliphatic rings. The number of rotatable bonds is 7. The molecule has 1 aromatic rings. The summed E-state index contributed by atoms with van der Waals surface area (Å²) in [4.78, 5) is 0. The van der Waals surface area contributed by atoms with Gasteiger partial charge < -0.3 is 10.4 Å². The van der Waals surface area contributed by atoms with E-state index in [0.717, 1.165) is 0 Å². The molecule has 17 heavy (non-hydrogen) atoms. The van der Waals surface area contributed by atoms with Crippen molar-refractivity contribution in [2.75, 3.05) is 13.2 Å². The fourth-order valence-electron chi connectivity index (χ4n) is 1.26. The Bertz CT molecular complexity index is 326. The largest absolute Gasteiger partial charge is 0.394 e. The van der Waals surface area contributed by atoms with Crippen LogP contribution in [0, 0.1) is 0 Å². The second-order valence-corrected chi connectivity index (χ2v) is 3.59. The summed E-state index contributed by atoms with van der Waals surface area (Å²) in [5, 5.41) is 19.0. The summed E-state index contributed by atoms with van der Waals surface area (Å²) >= 11 is 0. The minimum Gasteiger partial charge on any atom is -0.394 e. The SMILES string of the molecule is OCCn1cc(CNCCCC(F)(F)F)nn1. The van der Waals surface area contributed by atoms with Gasteiger partial charge in [-0.05, 0) is 13.0 Å². The van der Waals surface area contributed by atoms with Crippen molar-refractivity contribution >= 4 is 0 Å². The van der Waals surface area contributed by atoms with Gasteiger partial charge in [-0.15, -0.1) is 5.10 Å². The predicted molar refractivity (Wildman–Crippen MR) is 54.1 cm³/mol. The fourth-order valence-corrected chi connectivity index (χ4v) is 1.26. The third kappa shape index (κ3) is 6.22. The van der Waals surface area contributed by atoms with Gasteiger partial charge in [-0.25, -0.2) is 4.68 Å². The lowest BCUT2D eigenvalue weighted by atomic mass is 10.3. The number of hydrogen-bond donors (Lipinski definition) is 2. The molecule has 0 amide bonds. The molecule has 1 heterocycles. The number of alkyl halides is 3. The Morgan fingerprint density at radius 1 is 1.41 bits per heavy atom. The van der Waals surface area contributed by atoms with E-state index in [4.69, 9.17) is 5.11 Å². The average molecular weight is 252 g/mol. The predicted octanol–water partition coefficient (Wildman–Crippen LogP) is 0.702. The van der Waals surface area contributed by atoms with Crippen LogP contribution in [0.2, 0.25) is 0 Å². The first kappa shape index (κ1) is 13.9. The molecule has 0 spiro atoms. The van der Waals surface area contributed by atoms with E-state index in [9.17, 15) is 13.2 Å². The van der Waals surface area contributed by atoms with Crippen LogP contribution in [-0.4, -0.2) is 39.4 Å². The highest BCUT2D eigenvalue weighted by Gasteiger charge is 2.25. The molecule has 2 N–H and O–H groups in total. The minimum atomic E-state index is -4.09. The Hall–Kier alpha value is -1.15. The normalized spacial score (nSPS) is 12.0. The molecule has 0 saturated carbocycles. The van der Waals surface area contributed by atoms with Gasteiger partial charge in [0.15, 0.2) is 0 Å². The van der Waals surface area contributed by atoms with Crippen LogP contribution in [0.4, 0.5) is 13.2 Å². The Kier molecular flexibility index (Phi) is 5.36. The first-order valence-electron chi connectivity index (χ1n) is 5.28. The van der Waals surface area contributed by atoms with Gasteiger partial charge in [0.25, 0.3) is 0 Å². The lowest BCUT2D eigenvalue weighted by Crippen LogP contribution is -2.18. The van der Waals surface area contributed by atoms with Gasteiger partial charge in [0.2, 0.25) is 0 Å². The molecule has 1 aromatic heterocycles. The lowest BCUT2D eigenvalue weighted by molar-refractivity contribution is -0.135. The van der Waals surface area contributed by atoms with E-state index in [1.54, 1.807) is 6.20 Å². The van der Waals surface area contributed by atoms with Crippen molar-refractivity contribution in [3.8, 4) is 0 Å². The van der Waals surface area contributed by atoms with Crippen molar-refractivity contribution in [3.05, 3.63) is 11.9 Å². The van der Waals surface area contributed by atoms with Crippen LogP contribution < -0.4 is 5.32 Å². The summed E-state index contributed by atoms with van der Waals surface area (Å²) in [6.45, 7) is 0.999. The molecule has 98 valence electrons.